The first-order chi connectivity index (χ1) is 8.56. The van der Waals surface area contributed by atoms with Crippen LogP contribution >= 0.6 is 38.5 Å². The third-order valence-electron chi connectivity index (χ3n) is 2.26. The molecule has 5 heteroatoms. The second-order valence-corrected chi connectivity index (χ2v) is 5.75. The molecule has 0 bridgehead atoms. The van der Waals surface area contributed by atoms with Crippen molar-refractivity contribution in [2.45, 2.75) is 0 Å². The smallest absolute Gasteiger partial charge is 0.258 e. The molecule has 0 radical (unpaired) electrons. The van der Waals surface area contributed by atoms with E-state index in [2.05, 4.69) is 43.8 Å². The van der Waals surface area contributed by atoms with Crippen molar-refractivity contribution < 1.29 is 9.18 Å². The van der Waals surface area contributed by atoms with Crippen molar-refractivity contribution in [2.24, 2.45) is 0 Å². The lowest BCUT2D eigenvalue weighted by Crippen LogP contribution is -2.13. The van der Waals surface area contributed by atoms with E-state index >= 15 is 0 Å². The molecule has 0 aliphatic heterocycles. The van der Waals surface area contributed by atoms with Gasteiger partial charge in [0.25, 0.3) is 5.91 Å². The molecule has 0 heterocycles. The molecule has 0 aliphatic carbocycles. The summed E-state index contributed by atoms with van der Waals surface area (Å²) in [5, 5.41) is 2.66. The standard InChI is InChI=1S/C13H8BrFINO/c14-8-4-5-11(12(15)6-8)13(18)17-10-3-1-2-9(16)7-10/h1-7H,(H,17,18). The average molecular weight is 420 g/mol. The average Bonchev–Trinajstić information content (AvgIpc) is 2.28. The van der Waals surface area contributed by atoms with Gasteiger partial charge in [-0.1, -0.05) is 22.0 Å². The van der Waals surface area contributed by atoms with Crippen molar-refractivity contribution in [2.75, 3.05) is 5.32 Å². The van der Waals surface area contributed by atoms with Crippen LogP contribution in [0.5, 0.6) is 0 Å². The third kappa shape index (κ3) is 3.29. The summed E-state index contributed by atoms with van der Waals surface area (Å²) >= 11 is 5.30. The van der Waals surface area contributed by atoms with Crippen molar-refractivity contribution in [3.8, 4) is 0 Å². The van der Waals surface area contributed by atoms with Gasteiger partial charge < -0.3 is 5.32 Å². The van der Waals surface area contributed by atoms with E-state index in [9.17, 15) is 9.18 Å². The minimum Gasteiger partial charge on any atom is -0.322 e. The zero-order valence-corrected chi connectivity index (χ0v) is 12.8. The monoisotopic (exact) mass is 419 g/mol. The number of carbonyl (C=O) groups excluding carboxylic acids is 1. The summed E-state index contributed by atoms with van der Waals surface area (Å²) in [5.41, 5.74) is 0.672. The van der Waals surface area contributed by atoms with Gasteiger partial charge in [-0.3, -0.25) is 4.79 Å². The molecule has 0 spiro atoms. The number of anilines is 1. The molecule has 0 saturated heterocycles. The summed E-state index contributed by atoms with van der Waals surface area (Å²) < 4.78 is 15.2. The Morgan fingerprint density at radius 2 is 2.00 bits per heavy atom. The van der Waals surface area contributed by atoms with Crippen molar-refractivity contribution in [1.82, 2.24) is 0 Å². The maximum atomic E-state index is 13.6. The third-order valence-corrected chi connectivity index (χ3v) is 3.42. The molecule has 0 unspecified atom stereocenters. The molecule has 92 valence electrons. The largest absolute Gasteiger partial charge is 0.322 e. The molecule has 1 amide bonds. The molecule has 2 aromatic carbocycles. The lowest BCUT2D eigenvalue weighted by molar-refractivity contribution is 0.102. The molecule has 2 nitrogen and oxygen atoms in total. The highest BCUT2D eigenvalue weighted by Gasteiger charge is 2.12. The number of halogens is 3. The van der Waals surface area contributed by atoms with Crippen molar-refractivity contribution in [1.29, 1.82) is 0 Å². The zero-order valence-electron chi connectivity index (χ0n) is 9.08. The summed E-state index contributed by atoms with van der Waals surface area (Å²) in [7, 11) is 0. The van der Waals surface area contributed by atoms with Crippen LogP contribution in [0.25, 0.3) is 0 Å². The highest BCUT2D eigenvalue weighted by molar-refractivity contribution is 14.1. The molecule has 0 aromatic heterocycles. The fraction of sp³-hybridized carbons (Fsp3) is 0. The topological polar surface area (TPSA) is 29.1 Å². The molecule has 0 atom stereocenters. The number of benzene rings is 2. The number of amides is 1. The van der Waals surface area contributed by atoms with Gasteiger partial charge in [-0.05, 0) is 59.0 Å². The number of nitrogens with one attached hydrogen (secondary N) is 1. The Hall–Kier alpha value is -0.950. The first-order valence-corrected chi connectivity index (χ1v) is 6.95. The van der Waals surface area contributed by atoms with Crippen LogP contribution in [0, 0.1) is 9.39 Å². The highest BCUT2D eigenvalue weighted by atomic mass is 127. The predicted octanol–water partition coefficient (Wildman–Crippen LogP) is 4.45. The van der Waals surface area contributed by atoms with E-state index in [0.717, 1.165) is 3.57 Å². The van der Waals surface area contributed by atoms with Gasteiger partial charge >= 0.3 is 0 Å². The van der Waals surface area contributed by atoms with Crippen LogP contribution in [-0.2, 0) is 0 Å². The van der Waals surface area contributed by atoms with Gasteiger partial charge in [0.15, 0.2) is 0 Å². The summed E-state index contributed by atoms with van der Waals surface area (Å²) in [6.45, 7) is 0. The van der Waals surface area contributed by atoms with Crippen molar-refractivity contribution in [3.63, 3.8) is 0 Å². The Balaban J connectivity index is 2.22. The van der Waals surface area contributed by atoms with Crippen LogP contribution in [-0.4, -0.2) is 5.91 Å². The number of hydrogen-bond donors (Lipinski definition) is 1. The summed E-state index contributed by atoms with van der Waals surface area (Å²) in [5.74, 6) is -1.01. The van der Waals surface area contributed by atoms with Gasteiger partial charge in [0.2, 0.25) is 0 Å². The number of hydrogen-bond acceptors (Lipinski definition) is 1. The van der Waals surface area contributed by atoms with Crippen LogP contribution in [0.2, 0.25) is 0 Å². The molecule has 0 fully saturated rings. The van der Waals surface area contributed by atoms with Crippen LogP contribution in [0.1, 0.15) is 10.4 Å². The van der Waals surface area contributed by atoms with Crippen LogP contribution < -0.4 is 5.32 Å². The van der Waals surface area contributed by atoms with E-state index in [0.29, 0.717) is 10.2 Å². The lowest BCUT2D eigenvalue weighted by Gasteiger charge is -2.06. The second kappa shape index (κ2) is 5.79. The van der Waals surface area contributed by atoms with E-state index in [-0.39, 0.29) is 5.56 Å². The molecular weight excluding hydrogens is 412 g/mol. The first kappa shape index (κ1) is 13.5. The number of rotatable bonds is 2. The molecule has 2 rings (SSSR count). The van der Waals surface area contributed by atoms with Crippen LogP contribution in [0.4, 0.5) is 10.1 Å². The quantitative estimate of drug-likeness (QED) is 0.716. The molecular formula is C13H8BrFINO. The van der Waals surface area contributed by atoms with E-state index < -0.39 is 11.7 Å². The van der Waals surface area contributed by atoms with Crippen LogP contribution in [0.15, 0.2) is 46.9 Å². The maximum Gasteiger partial charge on any atom is 0.258 e. The second-order valence-electron chi connectivity index (χ2n) is 3.59. The van der Waals surface area contributed by atoms with E-state index in [1.807, 2.05) is 18.2 Å². The van der Waals surface area contributed by atoms with E-state index in [1.165, 1.54) is 12.1 Å². The Morgan fingerprint density at radius 3 is 2.67 bits per heavy atom. The normalized spacial score (nSPS) is 10.2. The molecule has 1 N–H and O–H groups in total. The SMILES string of the molecule is O=C(Nc1cccc(I)c1)c1ccc(Br)cc1F. The minimum atomic E-state index is -0.549. The highest BCUT2D eigenvalue weighted by Crippen LogP contribution is 2.18. The van der Waals surface area contributed by atoms with Crippen molar-refractivity contribution >= 4 is 50.1 Å². The van der Waals surface area contributed by atoms with E-state index in [1.54, 1.807) is 12.1 Å². The molecule has 2 aromatic rings. The van der Waals surface area contributed by atoms with Crippen molar-refractivity contribution in [3.05, 3.63) is 61.9 Å². The Morgan fingerprint density at radius 1 is 1.22 bits per heavy atom. The Kier molecular flexibility index (Phi) is 4.34. The predicted molar refractivity (Wildman–Crippen MR) is 81.2 cm³/mol. The summed E-state index contributed by atoms with van der Waals surface area (Å²) in [6, 6.07) is 11.7. The minimum absolute atomic E-state index is 0.0251. The van der Waals surface area contributed by atoms with Gasteiger partial charge in [0.1, 0.15) is 5.82 Å². The Labute approximate surface area is 126 Å². The Bertz CT molecular complexity index is 603. The van der Waals surface area contributed by atoms with Gasteiger partial charge in [0.05, 0.1) is 5.56 Å². The van der Waals surface area contributed by atoms with Gasteiger partial charge in [-0.25, -0.2) is 4.39 Å². The van der Waals surface area contributed by atoms with Gasteiger partial charge in [-0.15, -0.1) is 0 Å². The summed E-state index contributed by atoms with van der Waals surface area (Å²) in [4.78, 5) is 11.9. The fourth-order valence-electron chi connectivity index (χ4n) is 1.44. The first-order valence-electron chi connectivity index (χ1n) is 5.08. The fourth-order valence-corrected chi connectivity index (χ4v) is 2.31. The number of carbonyl (C=O) groups is 1. The lowest BCUT2D eigenvalue weighted by atomic mass is 10.2. The van der Waals surface area contributed by atoms with Gasteiger partial charge in [-0.2, -0.15) is 0 Å². The van der Waals surface area contributed by atoms with Gasteiger partial charge in [0, 0.05) is 13.7 Å². The zero-order chi connectivity index (χ0) is 13.1. The molecule has 0 saturated carbocycles. The van der Waals surface area contributed by atoms with Crippen LogP contribution in [0.3, 0.4) is 0 Å². The van der Waals surface area contributed by atoms with E-state index in [4.69, 9.17) is 0 Å². The summed E-state index contributed by atoms with van der Waals surface area (Å²) in [6.07, 6.45) is 0. The maximum absolute atomic E-state index is 13.6. The molecule has 18 heavy (non-hydrogen) atoms. The molecule has 0 aliphatic rings.